The highest BCUT2D eigenvalue weighted by Gasteiger charge is 2.23. The summed E-state index contributed by atoms with van der Waals surface area (Å²) in [5.41, 5.74) is 26.6. The van der Waals surface area contributed by atoms with E-state index in [1.165, 1.54) is 94.6 Å². The molecule has 8 nitrogen and oxygen atoms in total. The summed E-state index contributed by atoms with van der Waals surface area (Å²) in [6, 6.07) is 57.2. The molecule has 0 heterocycles. The second-order valence-corrected chi connectivity index (χ2v) is 24.6. The molecule has 0 atom stereocenters. The second kappa shape index (κ2) is 31.7. The maximum absolute atomic E-state index is 11.3. The molecule has 0 fully saturated rings. The number of fused-ring (bicyclic) bond motifs is 8. The molecule has 462 valence electrons. The number of carbonyl (C=O) groups is 3. The van der Waals surface area contributed by atoms with Crippen LogP contribution in [0.15, 0.2) is 194 Å². The third kappa shape index (κ3) is 16.6. The van der Waals surface area contributed by atoms with Crippen LogP contribution in [0.4, 0.5) is 0 Å². The number of aryl methyl sites for hydroxylation is 8. The van der Waals surface area contributed by atoms with Crippen LogP contribution < -0.4 is 0 Å². The molecule has 8 aromatic carbocycles. The van der Waals surface area contributed by atoms with Crippen molar-refractivity contribution in [3.63, 3.8) is 0 Å². The van der Waals surface area contributed by atoms with Crippen molar-refractivity contribution in [2.24, 2.45) is 0 Å². The van der Waals surface area contributed by atoms with Gasteiger partial charge in [-0.3, -0.25) is 0 Å². The molecule has 0 aliphatic heterocycles. The summed E-state index contributed by atoms with van der Waals surface area (Å²) in [4.78, 5) is 38.2. The molecule has 0 aromatic heterocycles. The van der Waals surface area contributed by atoms with Crippen LogP contribution in [0, 0.1) is 0 Å². The van der Waals surface area contributed by atoms with Gasteiger partial charge in [-0.15, -0.1) is 0 Å². The first-order valence-electron chi connectivity index (χ1n) is 31.9. The van der Waals surface area contributed by atoms with Gasteiger partial charge in [0, 0.05) is 18.1 Å². The summed E-state index contributed by atoms with van der Waals surface area (Å²) in [5.74, 6) is -2.58. The van der Waals surface area contributed by atoms with Crippen molar-refractivity contribution in [3.05, 3.63) is 305 Å². The third-order valence-electron chi connectivity index (χ3n) is 17.3. The molecule has 0 unspecified atom stereocenters. The van der Waals surface area contributed by atoms with Gasteiger partial charge in [0.25, 0.3) is 0 Å². The number of rotatable bonds is 13. The molecule has 4 aliphatic carbocycles. The lowest BCUT2D eigenvalue weighted by Gasteiger charge is -2.14. The Bertz CT molecular complexity index is 3880. The summed E-state index contributed by atoms with van der Waals surface area (Å²) < 4.78 is 0. The Morgan fingerprint density at radius 3 is 0.867 bits per heavy atom. The average Bonchev–Trinajstić information content (AvgIpc) is 3.09. The van der Waals surface area contributed by atoms with Crippen molar-refractivity contribution in [1.29, 1.82) is 0 Å². The van der Waals surface area contributed by atoms with Gasteiger partial charge in [-0.1, -0.05) is 184 Å². The Morgan fingerprint density at radius 1 is 0.344 bits per heavy atom. The lowest BCUT2D eigenvalue weighted by molar-refractivity contribution is 0.0686. The SMILES string of the molecule is CCC/C=C1\c2ccccc2CCc2cc(C(=O)O)ccc21.CCCC=C1c2ccccc2CCc2cc(C(=O)O)ccc21.CN(C)CC/C=C1/c2ccccc2CCc2cc(C(=O)O)ccc21.CN(C)CCC=C1c2ccccc2CCc2cc(Cl)ccc21. The zero-order chi connectivity index (χ0) is 63.7. The fourth-order valence-electron chi connectivity index (χ4n) is 12.7. The Labute approximate surface area is 538 Å². The first-order valence-corrected chi connectivity index (χ1v) is 32.3. The summed E-state index contributed by atoms with van der Waals surface area (Å²) in [7, 11) is 8.39. The van der Waals surface area contributed by atoms with Crippen LogP contribution in [0.5, 0.6) is 0 Å². The average molecular weight is 1220 g/mol. The van der Waals surface area contributed by atoms with Crippen LogP contribution in [-0.4, -0.2) is 84.3 Å². The number of carboxylic acids is 3. The maximum Gasteiger partial charge on any atom is 0.335 e. The number of unbranched alkanes of at least 4 members (excludes halogenated alkanes) is 2. The van der Waals surface area contributed by atoms with Crippen molar-refractivity contribution < 1.29 is 29.7 Å². The zero-order valence-electron chi connectivity index (χ0n) is 53.1. The molecule has 4 aliphatic rings. The molecule has 0 amide bonds. The van der Waals surface area contributed by atoms with E-state index in [1.54, 1.807) is 18.2 Å². The fraction of sp³-hybridized carbons (Fsp3) is 0.272. The van der Waals surface area contributed by atoms with E-state index in [2.05, 4.69) is 185 Å². The van der Waals surface area contributed by atoms with Crippen LogP contribution in [0.2, 0.25) is 5.02 Å². The molecule has 9 heteroatoms. The van der Waals surface area contributed by atoms with Gasteiger partial charge >= 0.3 is 17.9 Å². The molecule has 0 saturated carbocycles. The van der Waals surface area contributed by atoms with Gasteiger partial charge in [0.2, 0.25) is 0 Å². The van der Waals surface area contributed by atoms with E-state index in [-0.39, 0.29) is 0 Å². The van der Waals surface area contributed by atoms with Crippen molar-refractivity contribution in [3.8, 4) is 0 Å². The van der Waals surface area contributed by atoms with Gasteiger partial charge in [-0.2, -0.15) is 0 Å². The number of carboxylic acid groups (broad SMARTS) is 3. The van der Waals surface area contributed by atoms with E-state index >= 15 is 0 Å². The number of allylic oxidation sites excluding steroid dienone is 2. The number of aromatic carboxylic acids is 3. The minimum absolute atomic E-state index is 0.368. The van der Waals surface area contributed by atoms with Gasteiger partial charge in [-0.25, -0.2) is 14.4 Å². The number of benzene rings is 8. The number of nitrogens with zero attached hydrogens (tertiary/aromatic N) is 2. The molecular formula is C81H85ClN2O6. The van der Waals surface area contributed by atoms with Gasteiger partial charge in [0.15, 0.2) is 0 Å². The Hall–Kier alpha value is -8.66. The Kier molecular flexibility index (Phi) is 23.2. The first kappa shape index (κ1) is 65.8. The largest absolute Gasteiger partial charge is 0.478 e. The lowest BCUT2D eigenvalue weighted by atomic mass is 9.92. The Morgan fingerprint density at radius 2 is 0.589 bits per heavy atom. The molecular weight excluding hydrogens is 1130 g/mol. The van der Waals surface area contributed by atoms with Crippen LogP contribution in [0.25, 0.3) is 22.3 Å². The molecule has 8 aromatic rings. The van der Waals surface area contributed by atoms with E-state index in [0.717, 1.165) is 125 Å². The summed E-state index contributed by atoms with van der Waals surface area (Å²) >= 11 is 6.21. The molecule has 0 saturated heterocycles. The van der Waals surface area contributed by atoms with Crippen LogP contribution in [-0.2, 0) is 51.4 Å². The lowest BCUT2D eigenvalue weighted by Crippen LogP contribution is -2.12. The minimum atomic E-state index is -0.863. The predicted molar refractivity (Wildman–Crippen MR) is 372 cm³/mol. The summed E-state index contributed by atoms with van der Waals surface area (Å²) in [6.07, 6.45) is 23.2. The number of halogens is 1. The van der Waals surface area contributed by atoms with Gasteiger partial charge in [0.1, 0.15) is 0 Å². The molecule has 0 radical (unpaired) electrons. The van der Waals surface area contributed by atoms with E-state index in [9.17, 15) is 29.7 Å². The maximum atomic E-state index is 11.3. The third-order valence-corrected chi connectivity index (χ3v) is 17.5. The molecule has 90 heavy (non-hydrogen) atoms. The quantitative estimate of drug-likeness (QED) is 0.104. The topological polar surface area (TPSA) is 118 Å². The van der Waals surface area contributed by atoms with E-state index in [0.29, 0.717) is 16.7 Å². The van der Waals surface area contributed by atoms with E-state index < -0.39 is 17.9 Å². The van der Waals surface area contributed by atoms with Crippen LogP contribution in [0.3, 0.4) is 0 Å². The van der Waals surface area contributed by atoms with Gasteiger partial charge in [-0.05, 0) is 265 Å². The minimum Gasteiger partial charge on any atom is -0.478 e. The highest BCUT2D eigenvalue weighted by Crippen LogP contribution is 2.39. The van der Waals surface area contributed by atoms with Crippen molar-refractivity contribution in [2.45, 2.75) is 104 Å². The fourth-order valence-corrected chi connectivity index (χ4v) is 12.9. The highest BCUT2D eigenvalue weighted by molar-refractivity contribution is 6.30. The van der Waals surface area contributed by atoms with Gasteiger partial charge < -0.3 is 25.1 Å². The summed E-state index contributed by atoms with van der Waals surface area (Å²) in [6.45, 7) is 6.41. The monoisotopic (exact) mass is 1220 g/mol. The zero-order valence-corrected chi connectivity index (χ0v) is 53.9. The van der Waals surface area contributed by atoms with Crippen molar-refractivity contribution in [2.75, 3.05) is 41.3 Å². The molecule has 12 rings (SSSR count). The Balaban J connectivity index is 0.000000142. The smallest absolute Gasteiger partial charge is 0.335 e. The number of hydrogen-bond donors (Lipinski definition) is 3. The molecule has 3 N–H and O–H groups in total. The van der Waals surface area contributed by atoms with Crippen LogP contribution in [0.1, 0.15) is 172 Å². The van der Waals surface area contributed by atoms with Crippen LogP contribution >= 0.6 is 11.6 Å². The normalized spacial score (nSPS) is 15.2. The van der Waals surface area contributed by atoms with E-state index in [4.69, 9.17) is 11.6 Å². The van der Waals surface area contributed by atoms with Gasteiger partial charge in [0.05, 0.1) is 16.7 Å². The highest BCUT2D eigenvalue weighted by atomic mass is 35.5. The van der Waals surface area contributed by atoms with Crippen molar-refractivity contribution >= 4 is 51.8 Å². The summed E-state index contributed by atoms with van der Waals surface area (Å²) in [5, 5.41) is 28.6. The molecule has 0 bridgehead atoms. The predicted octanol–water partition coefficient (Wildman–Crippen LogP) is 18.1. The second-order valence-electron chi connectivity index (χ2n) is 24.2. The van der Waals surface area contributed by atoms with E-state index in [1.807, 2.05) is 42.5 Å². The first-order chi connectivity index (χ1) is 43.6. The van der Waals surface area contributed by atoms with Crippen molar-refractivity contribution in [1.82, 2.24) is 9.80 Å². The number of hydrogen-bond acceptors (Lipinski definition) is 5. The molecule has 0 spiro atoms. The standard InChI is InChI=1S/C21H23NO2.C20H22ClN.2C20H20O2/c1-22(2)13-5-8-20-18-7-4-3-6-15(18)9-10-16-14-17(21(23)24)11-12-19(16)20;1-22(2)13-5-8-20-18-7-4-3-6-15(18)9-10-16-14-17(21)11-12-19(16)20;2*1-2-3-7-19-17-8-5-4-6-14(17)9-10-15-13-16(20(21)22)11-12-18(15)19/h3-4,6-8,11-12,14H,5,9-10,13H2,1-2H3,(H,23,24);3-4,6-8,11-12,14H,5,9-10,13H2,1-2H3;2*4-8,11-13H,2-3,9-10H2,1H3,(H,21,22)/b20-8-;;19-7+;.